The summed E-state index contributed by atoms with van der Waals surface area (Å²) in [6, 6.07) is 11.8. The SMILES string of the molecule is O=C(Cn1cnc2ccccc21)NN=Cc1ccc(O)c(O)c1. The Morgan fingerprint density at radius 3 is 2.87 bits per heavy atom. The predicted octanol–water partition coefficient (Wildman–Crippen LogP) is 1.60. The molecule has 1 aromatic heterocycles. The van der Waals surface area contributed by atoms with Crippen LogP contribution in [-0.4, -0.2) is 31.9 Å². The van der Waals surface area contributed by atoms with Gasteiger partial charge < -0.3 is 14.8 Å². The van der Waals surface area contributed by atoms with Crippen LogP contribution in [0.15, 0.2) is 53.9 Å². The monoisotopic (exact) mass is 310 g/mol. The molecule has 1 amide bonds. The van der Waals surface area contributed by atoms with Gasteiger partial charge in [0.15, 0.2) is 11.5 Å². The molecule has 23 heavy (non-hydrogen) atoms. The molecule has 0 unspecified atom stereocenters. The van der Waals surface area contributed by atoms with Gasteiger partial charge in [-0.3, -0.25) is 4.79 Å². The number of carbonyl (C=O) groups is 1. The Kier molecular flexibility index (Phi) is 3.92. The van der Waals surface area contributed by atoms with Crippen LogP contribution in [0, 0.1) is 0 Å². The molecule has 0 aliphatic carbocycles. The molecule has 0 spiro atoms. The summed E-state index contributed by atoms with van der Waals surface area (Å²) < 4.78 is 1.73. The lowest BCUT2D eigenvalue weighted by molar-refractivity contribution is -0.121. The summed E-state index contributed by atoms with van der Waals surface area (Å²) in [6.07, 6.45) is 2.98. The van der Waals surface area contributed by atoms with Crippen molar-refractivity contribution < 1.29 is 15.0 Å². The van der Waals surface area contributed by atoms with Gasteiger partial charge in [-0.05, 0) is 35.9 Å². The summed E-state index contributed by atoms with van der Waals surface area (Å²) in [5, 5.41) is 22.4. The molecule has 0 radical (unpaired) electrons. The molecule has 0 aliphatic heterocycles. The maximum Gasteiger partial charge on any atom is 0.260 e. The molecule has 3 aromatic rings. The van der Waals surface area contributed by atoms with Crippen molar-refractivity contribution in [3.05, 3.63) is 54.4 Å². The standard InChI is InChI=1S/C16H14N4O3/c21-14-6-5-11(7-15(14)22)8-18-19-16(23)9-20-10-17-12-3-1-2-4-13(12)20/h1-8,10,21-22H,9H2,(H,19,23). The van der Waals surface area contributed by atoms with Crippen molar-refractivity contribution in [3.8, 4) is 11.5 Å². The van der Waals surface area contributed by atoms with E-state index in [1.807, 2.05) is 24.3 Å². The Balaban J connectivity index is 1.63. The first-order valence-corrected chi connectivity index (χ1v) is 6.87. The molecule has 0 bridgehead atoms. The van der Waals surface area contributed by atoms with Crippen LogP contribution in [0.2, 0.25) is 0 Å². The Labute approximate surface area is 131 Å². The third-order valence-corrected chi connectivity index (χ3v) is 3.24. The van der Waals surface area contributed by atoms with Crippen molar-refractivity contribution in [1.82, 2.24) is 15.0 Å². The summed E-state index contributed by atoms with van der Waals surface area (Å²) in [5.74, 6) is -0.754. The van der Waals surface area contributed by atoms with Gasteiger partial charge in [-0.15, -0.1) is 0 Å². The topological polar surface area (TPSA) is 99.7 Å². The maximum absolute atomic E-state index is 11.9. The molecule has 0 saturated heterocycles. The Hall–Kier alpha value is -3.35. The van der Waals surface area contributed by atoms with Gasteiger partial charge in [0.1, 0.15) is 6.54 Å². The second-order valence-electron chi connectivity index (χ2n) is 4.90. The van der Waals surface area contributed by atoms with Gasteiger partial charge in [-0.2, -0.15) is 5.10 Å². The van der Waals surface area contributed by atoms with E-state index in [9.17, 15) is 15.0 Å². The zero-order chi connectivity index (χ0) is 16.2. The van der Waals surface area contributed by atoms with Crippen LogP contribution in [0.1, 0.15) is 5.56 Å². The summed E-state index contributed by atoms with van der Waals surface area (Å²) in [5.41, 5.74) is 4.65. The second-order valence-corrected chi connectivity index (χ2v) is 4.90. The van der Waals surface area contributed by atoms with Crippen LogP contribution in [0.4, 0.5) is 0 Å². The number of phenols is 2. The van der Waals surface area contributed by atoms with Crippen molar-refractivity contribution in [2.45, 2.75) is 6.54 Å². The number of rotatable bonds is 4. The van der Waals surface area contributed by atoms with Crippen LogP contribution >= 0.6 is 0 Å². The van der Waals surface area contributed by atoms with E-state index >= 15 is 0 Å². The molecule has 1 heterocycles. The van der Waals surface area contributed by atoms with E-state index < -0.39 is 0 Å². The van der Waals surface area contributed by atoms with Crippen LogP contribution in [0.25, 0.3) is 11.0 Å². The number of amides is 1. The molecule has 7 heteroatoms. The molecule has 0 aliphatic rings. The van der Waals surface area contributed by atoms with Crippen LogP contribution in [0.3, 0.4) is 0 Å². The molecular weight excluding hydrogens is 296 g/mol. The number of aromatic hydroxyl groups is 2. The molecule has 2 aromatic carbocycles. The fraction of sp³-hybridized carbons (Fsp3) is 0.0625. The number of aromatic nitrogens is 2. The number of benzene rings is 2. The summed E-state index contributed by atoms with van der Waals surface area (Å²) >= 11 is 0. The number of hydrogen-bond acceptors (Lipinski definition) is 5. The minimum absolute atomic E-state index is 0.0959. The quantitative estimate of drug-likeness (QED) is 0.387. The number of hydrazone groups is 1. The first-order valence-electron chi connectivity index (χ1n) is 6.87. The van der Waals surface area contributed by atoms with Crippen molar-refractivity contribution in [2.24, 2.45) is 5.10 Å². The summed E-state index contributed by atoms with van der Waals surface area (Å²) in [7, 11) is 0. The van der Waals surface area contributed by atoms with E-state index in [1.165, 1.54) is 18.3 Å². The van der Waals surface area contributed by atoms with Gasteiger partial charge in [0.25, 0.3) is 5.91 Å². The van der Waals surface area contributed by atoms with Gasteiger partial charge in [0.05, 0.1) is 23.6 Å². The van der Waals surface area contributed by atoms with Crippen molar-refractivity contribution in [1.29, 1.82) is 0 Å². The lowest BCUT2D eigenvalue weighted by Crippen LogP contribution is -2.22. The second kappa shape index (κ2) is 6.18. The van der Waals surface area contributed by atoms with E-state index in [4.69, 9.17) is 0 Å². The smallest absolute Gasteiger partial charge is 0.260 e. The highest BCUT2D eigenvalue weighted by Crippen LogP contribution is 2.23. The molecule has 7 nitrogen and oxygen atoms in total. The van der Waals surface area contributed by atoms with Crippen molar-refractivity contribution >= 4 is 23.2 Å². The first-order chi connectivity index (χ1) is 11.1. The zero-order valence-corrected chi connectivity index (χ0v) is 12.0. The third-order valence-electron chi connectivity index (χ3n) is 3.24. The Morgan fingerprint density at radius 2 is 2.04 bits per heavy atom. The highest BCUT2D eigenvalue weighted by atomic mass is 16.3. The van der Waals surface area contributed by atoms with E-state index in [-0.39, 0.29) is 24.0 Å². The lowest BCUT2D eigenvalue weighted by atomic mass is 10.2. The molecule has 0 fully saturated rings. The zero-order valence-electron chi connectivity index (χ0n) is 12.0. The highest BCUT2D eigenvalue weighted by Gasteiger charge is 2.06. The summed E-state index contributed by atoms with van der Waals surface area (Å²) in [4.78, 5) is 16.1. The highest BCUT2D eigenvalue weighted by molar-refractivity contribution is 5.84. The molecule has 3 N–H and O–H groups in total. The number of nitrogens with zero attached hydrogens (tertiary/aromatic N) is 3. The summed E-state index contributed by atoms with van der Waals surface area (Å²) in [6.45, 7) is 0.0959. The van der Waals surface area contributed by atoms with Crippen LogP contribution in [0.5, 0.6) is 11.5 Å². The lowest BCUT2D eigenvalue weighted by Gasteiger charge is -2.03. The first kappa shape index (κ1) is 14.6. The molecule has 0 atom stereocenters. The van der Waals surface area contributed by atoms with Crippen LogP contribution < -0.4 is 5.43 Å². The fourth-order valence-electron chi connectivity index (χ4n) is 2.13. The molecular formula is C16H14N4O3. The molecule has 3 rings (SSSR count). The Bertz CT molecular complexity index is 886. The molecule has 0 saturated carbocycles. The normalized spacial score (nSPS) is 11.1. The van der Waals surface area contributed by atoms with Gasteiger partial charge in [0, 0.05) is 0 Å². The minimum atomic E-state index is -0.299. The number of carbonyl (C=O) groups excluding carboxylic acids is 1. The van der Waals surface area contributed by atoms with Crippen molar-refractivity contribution in [2.75, 3.05) is 0 Å². The Morgan fingerprint density at radius 1 is 1.22 bits per heavy atom. The number of hydrogen-bond donors (Lipinski definition) is 3. The van der Waals surface area contributed by atoms with E-state index in [2.05, 4.69) is 15.5 Å². The maximum atomic E-state index is 11.9. The van der Waals surface area contributed by atoms with E-state index in [1.54, 1.807) is 17.0 Å². The van der Waals surface area contributed by atoms with Crippen molar-refractivity contribution in [3.63, 3.8) is 0 Å². The largest absolute Gasteiger partial charge is 0.504 e. The molecule has 116 valence electrons. The van der Waals surface area contributed by atoms with Gasteiger partial charge >= 0.3 is 0 Å². The van der Waals surface area contributed by atoms with Crippen LogP contribution in [-0.2, 0) is 11.3 Å². The fourth-order valence-corrected chi connectivity index (χ4v) is 2.13. The van der Waals surface area contributed by atoms with Gasteiger partial charge in [-0.25, -0.2) is 10.4 Å². The number of para-hydroxylation sites is 2. The predicted molar refractivity (Wildman–Crippen MR) is 85.2 cm³/mol. The number of fused-ring (bicyclic) bond motifs is 1. The average Bonchev–Trinajstić information content (AvgIpc) is 2.94. The number of imidazole rings is 1. The minimum Gasteiger partial charge on any atom is -0.504 e. The number of phenolic OH excluding ortho intramolecular Hbond substituents is 2. The van der Waals surface area contributed by atoms with Gasteiger partial charge in [0.2, 0.25) is 0 Å². The van der Waals surface area contributed by atoms with Gasteiger partial charge in [-0.1, -0.05) is 12.1 Å². The third kappa shape index (κ3) is 3.29. The average molecular weight is 310 g/mol. The van der Waals surface area contributed by atoms with E-state index in [0.29, 0.717) is 5.56 Å². The number of nitrogens with one attached hydrogen (secondary N) is 1. The van der Waals surface area contributed by atoms with E-state index in [0.717, 1.165) is 11.0 Å².